The number of halogens is 1. The number of hydrogen-bond donors (Lipinski definition) is 0. The van der Waals surface area contributed by atoms with Crippen LogP contribution in [0.4, 0.5) is 0 Å². The first-order valence-electron chi connectivity index (χ1n) is 8.35. The normalized spacial score (nSPS) is 10.2. The number of ether oxygens (including phenoxy) is 1. The monoisotopic (exact) mass is 364 g/mol. The predicted molar refractivity (Wildman–Crippen MR) is 97.4 cm³/mol. The quantitative estimate of drug-likeness (QED) is 0.767. The van der Waals surface area contributed by atoms with Crippen molar-refractivity contribution in [2.75, 3.05) is 7.11 Å². The Labute approximate surface area is 154 Å². The molecule has 2 aromatic rings. The van der Waals surface area contributed by atoms with E-state index < -0.39 is 0 Å². The van der Waals surface area contributed by atoms with Crippen LogP contribution in [0.25, 0.3) is 5.69 Å². The topological polar surface area (TPSA) is 61.2 Å². The summed E-state index contributed by atoms with van der Waals surface area (Å²) in [5.74, 6) is 2.43. The summed E-state index contributed by atoms with van der Waals surface area (Å²) in [7, 11) is 1.70. The third kappa shape index (κ3) is 5.18. The highest BCUT2D eigenvalue weighted by Gasteiger charge is 2.18. The Morgan fingerprint density at radius 1 is 1.24 bits per heavy atom. The van der Waals surface area contributed by atoms with Gasteiger partial charge in [0.05, 0.1) is 18.5 Å². The van der Waals surface area contributed by atoms with Crippen molar-refractivity contribution in [3.63, 3.8) is 0 Å². The molecule has 1 aromatic carbocycles. The van der Waals surface area contributed by atoms with Crippen molar-refractivity contribution in [2.24, 2.45) is 5.92 Å². The molecule has 0 atom stereocenters. The predicted octanol–water partition coefficient (Wildman–Crippen LogP) is 4.27. The van der Waals surface area contributed by atoms with Crippen molar-refractivity contribution in [1.82, 2.24) is 9.55 Å². The summed E-state index contributed by atoms with van der Waals surface area (Å²) in [5, 5.41) is 0.689. The van der Waals surface area contributed by atoms with Gasteiger partial charge in [-0.3, -0.25) is 4.57 Å². The molecule has 0 saturated carbocycles. The minimum Gasteiger partial charge on any atom is -0.495 e. The van der Waals surface area contributed by atoms with Gasteiger partial charge in [0, 0.05) is 6.42 Å². The molecule has 2 rings (SSSR count). The summed E-state index contributed by atoms with van der Waals surface area (Å²) in [5.41, 5.74) is 3.18. The Balaban J connectivity index is 0.000000970. The van der Waals surface area contributed by atoms with Crippen LogP contribution < -0.4 is 4.74 Å². The fourth-order valence-electron chi connectivity index (χ4n) is 2.71. The van der Waals surface area contributed by atoms with E-state index in [4.69, 9.17) is 25.9 Å². The van der Waals surface area contributed by atoms with Gasteiger partial charge in [0.15, 0.2) is 0 Å². The van der Waals surface area contributed by atoms with Crippen LogP contribution in [0.3, 0.4) is 0 Å². The van der Waals surface area contributed by atoms with E-state index in [9.17, 15) is 0 Å². The maximum Gasteiger partial charge on any atom is 0.373 e. The van der Waals surface area contributed by atoms with Gasteiger partial charge >= 0.3 is 6.15 Å². The van der Waals surface area contributed by atoms with Crippen LogP contribution in [-0.4, -0.2) is 22.8 Å². The summed E-state index contributed by atoms with van der Waals surface area (Å²) in [6.07, 6.45) is 2.94. The molecule has 6 heteroatoms. The number of methoxy groups -OCH3 is 1. The number of benzene rings is 1. The Kier molecular flexibility index (Phi) is 8.39. The lowest BCUT2D eigenvalue weighted by molar-refractivity contribution is -0.191. The molecule has 0 aliphatic heterocycles. The minimum absolute atomic E-state index is 0.250. The summed E-state index contributed by atoms with van der Waals surface area (Å²) in [6, 6.07) is 6.35. The van der Waals surface area contributed by atoms with Crippen LogP contribution in [0.5, 0.6) is 5.75 Å². The zero-order valence-corrected chi connectivity index (χ0v) is 16.2. The van der Waals surface area contributed by atoms with Gasteiger partial charge in [0.1, 0.15) is 16.7 Å². The molecule has 0 spiro atoms. The van der Waals surface area contributed by atoms with Gasteiger partial charge in [-0.2, -0.15) is 9.59 Å². The molecule has 0 aliphatic carbocycles. The van der Waals surface area contributed by atoms with Gasteiger partial charge < -0.3 is 4.74 Å². The summed E-state index contributed by atoms with van der Waals surface area (Å²) < 4.78 is 7.62. The molecule has 0 fully saturated rings. The van der Waals surface area contributed by atoms with E-state index in [0.29, 0.717) is 11.1 Å². The lowest BCUT2D eigenvalue weighted by atomic mass is 10.0. The van der Waals surface area contributed by atoms with Crippen molar-refractivity contribution in [3.05, 3.63) is 40.4 Å². The number of carbonyl (C=O) groups excluding carboxylic acids is 2. The van der Waals surface area contributed by atoms with Crippen molar-refractivity contribution in [3.8, 4) is 11.4 Å². The molecule has 0 N–H and O–H groups in total. The number of imidazole rings is 1. The maximum atomic E-state index is 8.12. The van der Waals surface area contributed by atoms with Crippen LogP contribution in [0.2, 0.25) is 5.15 Å². The second-order valence-electron chi connectivity index (χ2n) is 6.00. The standard InChI is InChI=1S/C18H25ClN2O.CO2/c1-6-14-18(19)21(17(7-2)20-14)15-9-8-13(10-12(3)4)11-16(15)22-5;2-1-3/h8-9,11-12H,6-7,10H2,1-5H3;. The largest absolute Gasteiger partial charge is 0.495 e. The molecule has 0 unspecified atom stereocenters. The molecule has 0 bridgehead atoms. The number of aryl methyl sites for hydroxylation is 2. The smallest absolute Gasteiger partial charge is 0.373 e. The molecule has 1 heterocycles. The zero-order chi connectivity index (χ0) is 19.0. The highest BCUT2D eigenvalue weighted by atomic mass is 35.5. The lowest BCUT2D eigenvalue weighted by Crippen LogP contribution is -2.04. The second-order valence-corrected chi connectivity index (χ2v) is 6.35. The Morgan fingerprint density at radius 3 is 2.36 bits per heavy atom. The first-order chi connectivity index (χ1) is 11.9. The van der Waals surface area contributed by atoms with Crippen molar-refractivity contribution in [1.29, 1.82) is 0 Å². The number of aromatic nitrogens is 2. The van der Waals surface area contributed by atoms with Crippen molar-refractivity contribution >= 4 is 17.8 Å². The molecular formula is C19H25ClN2O3. The van der Waals surface area contributed by atoms with E-state index in [1.54, 1.807) is 7.11 Å². The Hall–Kier alpha value is -2.10. The molecular weight excluding hydrogens is 340 g/mol. The van der Waals surface area contributed by atoms with Crippen LogP contribution in [-0.2, 0) is 28.9 Å². The van der Waals surface area contributed by atoms with Gasteiger partial charge in [0.25, 0.3) is 0 Å². The molecule has 5 nitrogen and oxygen atoms in total. The number of rotatable bonds is 6. The fourth-order valence-corrected chi connectivity index (χ4v) is 3.07. The molecule has 0 aliphatic rings. The van der Waals surface area contributed by atoms with Gasteiger partial charge in [0.2, 0.25) is 0 Å². The molecule has 1 aromatic heterocycles. The third-order valence-corrected chi connectivity index (χ3v) is 4.12. The summed E-state index contributed by atoms with van der Waals surface area (Å²) >= 11 is 6.54. The van der Waals surface area contributed by atoms with Crippen molar-refractivity contribution < 1.29 is 14.3 Å². The van der Waals surface area contributed by atoms with Gasteiger partial charge in [-0.25, -0.2) is 4.98 Å². The first-order valence-corrected chi connectivity index (χ1v) is 8.73. The highest BCUT2D eigenvalue weighted by molar-refractivity contribution is 6.30. The zero-order valence-electron chi connectivity index (χ0n) is 15.4. The highest BCUT2D eigenvalue weighted by Crippen LogP contribution is 2.31. The van der Waals surface area contributed by atoms with Crippen LogP contribution in [0.1, 0.15) is 44.8 Å². The van der Waals surface area contributed by atoms with Gasteiger partial charge in [-0.05, 0) is 36.5 Å². The van der Waals surface area contributed by atoms with E-state index >= 15 is 0 Å². The number of hydrogen-bond acceptors (Lipinski definition) is 4. The Morgan fingerprint density at radius 2 is 1.88 bits per heavy atom. The fraction of sp³-hybridized carbons (Fsp3) is 0.474. The second kappa shape index (κ2) is 10.0. The minimum atomic E-state index is 0.250. The van der Waals surface area contributed by atoms with E-state index in [1.165, 1.54) is 5.56 Å². The Bertz CT molecular complexity index is 733. The molecule has 25 heavy (non-hydrogen) atoms. The molecule has 0 radical (unpaired) electrons. The number of nitrogens with zero attached hydrogens (tertiary/aromatic N) is 2. The SMILES string of the molecule is CCc1nc(CC)n(-c2ccc(CC(C)C)cc2OC)c1Cl.O=C=O. The van der Waals surface area contributed by atoms with Crippen LogP contribution in [0.15, 0.2) is 18.2 Å². The van der Waals surface area contributed by atoms with E-state index in [0.717, 1.165) is 42.2 Å². The summed E-state index contributed by atoms with van der Waals surface area (Å²) in [4.78, 5) is 20.9. The summed E-state index contributed by atoms with van der Waals surface area (Å²) in [6.45, 7) is 8.60. The first kappa shape index (κ1) is 20.9. The van der Waals surface area contributed by atoms with E-state index in [1.807, 2.05) is 4.57 Å². The average Bonchev–Trinajstić information content (AvgIpc) is 2.90. The van der Waals surface area contributed by atoms with E-state index in [-0.39, 0.29) is 6.15 Å². The van der Waals surface area contributed by atoms with Gasteiger partial charge in [-0.1, -0.05) is 45.4 Å². The van der Waals surface area contributed by atoms with Crippen molar-refractivity contribution in [2.45, 2.75) is 47.0 Å². The van der Waals surface area contributed by atoms with Gasteiger partial charge in [-0.15, -0.1) is 0 Å². The average molecular weight is 365 g/mol. The third-order valence-electron chi connectivity index (χ3n) is 3.74. The van der Waals surface area contributed by atoms with Crippen LogP contribution in [0, 0.1) is 5.92 Å². The maximum absolute atomic E-state index is 8.12. The van der Waals surface area contributed by atoms with E-state index in [2.05, 4.69) is 50.9 Å². The molecule has 136 valence electrons. The molecule has 0 saturated heterocycles. The molecule has 0 amide bonds. The van der Waals surface area contributed by atoms with Crippen LogP contribution >= 0.6 is 11.6 Å². The lowest BCUT2D eigenvalue weighted by Gasteiger charge is -2.15.